The molecule has 0 aromatic rings. The first-order valence-corrected chi connectivity index (χ1v) is 3.58. The van der Waals surface area contributed by atoms with Crippen LogP contribution in [0.5, 0.6) is 0 Å². The maximum Gasteiger partial charge on any atom is 0.346 e. The van der Waals surface area contributed by atoms with Gasteiger partial charge in [-0.15, -0.1) is 0 Å². The van der Waals surface area contributed by atoms with Gasteiger partial charge in [0, 0.05) is 13.5 Å². The molecular weight excluding hydrogens is 160 g/mol. The second kappa shape index (κ2) is 5.49. The van der Waals surface area contributed by atoms with Gasteiger partial charge in [-0.05, 0) is 6.92 Å². The van der Waals surface area contributed by atoms with Gasteiger partial charge in [-0.25, -0.2) is 4.79 Å². The predicted octanol–water partition coefficient (Wildman–Crippen LogP) is 0.667. The molecule has 0 bridgehead atoms. The van der Waals surface area contributed by atoms with Crippen molar-refractivity contribution in [2.75, 3.05) is 6.61 Å². The van der Waals surface area contributed by atoms with Crippen molar-refractivity contribution < 1.29 is 19.1 Å². The van der Waals surface area contributed by atoms with Crippen LogP contribution in [0.4, 0.5) is 0 Å². The SMILES string of the molecule is C=CC(OCC)C(=O)OC(C)=O. The fraction of sp³-hybridized carbons (Fsp3) is 0.500. The Hall–Kier alpha value is -1.16. The lowest BCUT2D eigenvalue weighted by atomic mass is 10.3. The van der Waals surface area contributed by atoms with Crippen LogP contribution in [0, 0.1) is 0 Å². The lowest BCUT2D eigenvalue weighted by Crippen LogP contribution is -2.25. The number of carbonyl (C=O) groups is 2. The molecule has 68 valence electrons. The Kier molecular flexibility index (Phi) is 4.96. The summed E-state index contributed by atoms with van der Waals surface area (Å²) in [7, 11) is 0. The van der Waals surface area contributed by atoms with Gasteiger partial charge < -0.3 is 9.47 Å². The first-order valence-electron chi connectivity index (χ1n) is 3.58. The summed E-state index contributed by atoms with van der Waals surface area (Å²) in [5, 5.41) is 0. The summed E-state index contributed by atoms with van der Waals surface area (Å²) in [6.45, 7) is 6.63. The van der Waals surface area contributed by atoms with Crippen LogP contribution in [0.25, 0.3) is 0 Å². The Balaban J connectivity index is 4.02. The Morgan fingerprint density at radius 3 is 2.50 bits per heavy atom. The van der Waals surface area contributed by atoms with Gasteiger partial charge in [0.05, 0.1) is 0 Å². The van der Waals surface area contributed by atoms with E-state index >= 15 is 0 Å². The van der Waals surface area contributed by atoms with Gasteiger partial charge >= 0.3 is 11.9 Å². The Morgan fingerprint density at radius 1 is 1.58 bits per heavy atom. The van der Waals surface area contributed by atoms with E-state index < -0.39 is 18.0 Å². The number of hydrogen-bond donors (Lipinski definition) is 0. The summed E-state index contributed by atoms with van der Waals surface area (Å²) in [6, 6.07) is 0. The second-order valence-electron chi connectivity index (χ2n) is 2.02. The van der Waals surface area contributed by atoms with Gasteiger partial charge in [-0.2, -0.15) is 0 Å². The molecule has 0 aliphatic heterocycles. The summed E-state index contributed by atoms with van der Waals surface area (Å²) in [6.07, 6.45) is 0.438. The van der Waals surface area contributed by atoms with Gasteiger partial charge in [0.15, 0.2) is 6.10 Å². The molecule has 0 N–H and O–H groups in total. The third kappa shape index (κ3) is 3.88. The Morgan fingerprint density at radius 2 is 2.17 bits per heavy atom. The highest BCUT2D eigenvalue weighted by Gasteiger charge is 2.17. The molecule has 4 heteroatoms. The molecule has 0 heterocycles. The smallest absolute Gasteiger partial charge is 0.346 e. The molecule has 0 aliphatic carbocycles. The first-order chi connectivity index (χ1) is 5.61. The zero-order valence-corrected chi connectivity index (χ0v) is 7.20. The van der Waals surface area contributed by atoms with Crippen molar-refractivity contribution in [1.29, 1.82) is 0 Å². The van der Waals surface area contributed by atoms with E-state index in [1.54, 1.807) is 6.92 Å². The number of hydrogen-bond acceptors (Lipinski definition) is 4. The molecule has 0 saturated carbocycles. The van der Waals surface area contributed by atoms with Crippen LogP contribution in [-0.2, 0) is 19.1 Å². The van der Waals surface area contributed by atoms with Crippen molar-refractivity contribution in [3.05, 3.63) is 12.7 Å². The van der Waals surface area contributed by atoms with Crippen molar-refractivity contribution >= 4 is 11.9 Å². The minimum absolute atomic E-state index is 0.365. The van der Waals surface area contributed by atoms with Gasteiger partial charge in [-0.1, -0.05) is 12.7 Å². The standard InChI is InChI=1S/C8H12O4/c1-4-7(11-5-2)8(10)12-6(3)9/h4,7H,1,5H2,2-3H3. The fourth-order valence-corrected chi connectivity index (χ4v) is 0.612. The molecule has 0 spiro atoms. The molecule has 1 atom stereocenters. The van der Waals surface area contributed by atoms with Crippen LogP contribution in [-0.4, -0.2) is 24.6 Å². The fourth-order valence-electron chi connectivity index (χ4n) is 0.612. The zero-order valence-electron chi connectivity index (χ0n) is 7.20. The van der Waals surface area contributed by atoms with Crippen molar-refractivity contribution in [1.82, 2.24) is 0 Å². The van der Waals surface area contributed by atoms with Crippen LogP contribution >= 0.6 is 0 Å². The van der Waals surface area contributed by atoms with E-state index in [1.165, 1.54) is 6.08 Å². The van der Waals surface area contributed by atoms with E-state index in [1.807, 2.05) is 0 Å². The number of rotatable bonds is 4. The van der Waals surface area contributed by atoms with Crippen LogP contribution < -0.4 is 0 Å². The van der Waals surface area contributed by atoms with E-state index in [-0.39, 0.29) is 0 Å². The van der Waals surface area contributed by atoms with Gasteiger partial charge in [0.2, 0.25) is 0 Å². The van der Waals surface area contributed by atoms with Crippen LogP contribution in [0.3, 0.4) is 0 Å². The highest BCUT2D eigenvalue weighted by atomic mass is 16.6. The summed E-state index contributed by atoms with van der Waals surface area (Å²) in [5.41, 5.74) is 0. The molecule has 0 saturated heterocycles. The zero-order chi connectivity index (χ0) is 9.56. The van der Waals surface area contributed by atoms with E-state index in [9.17, 15) is 9.59 Å². The van der Waals surface area contributed by atoms with E-state index in [0.29, 0.717) is 6.61 Å². The minimum atomic E-state index is -0.848. The first kappa shape index (κ1) is 10.8. The second-order valence-corrected chi connectivity index (χ2v) is 2.02. The third-order valence-corrected chi connectivity index (χ3v) is 1.04. The van der Waals surface area contributed by atoms with Crippen molar-refractivity contribution in [3.8, 4) is 0 Å². The van der Waals surface area contributed by atoms with Gasteiger partial charge in [0.25, 0.3) is 0 Å². The van der Waals surface area contributed by atoms with Crippen LogP contribution in [0.1, 0.15) is 13.8 Å². The molecule has 0 aromatic heterocycles. The van der Waals surface area contributed by atoms with Gasteiger partial charge in [-0.3, -0.25) is 4.79 Å². The molecular formula is C8H12O4. The average Bonchev–Trinajstić information content (AvgIpc) is 1.98. The Bertz CT molecular complexity index is 185. The summed E-state index contributed by atoms with van der Waals surface area (Å²) in [5.74, 6) is -1.37. The van der Waals surface area contributed by atoms with E-state index in [0.717, 1.165) is 6.92 Å². The lowest BCUT2D eigenvalue weighted by molar-refractivity contribution is -0.164. The third-order valence-electron chi connectivity index (χ3n) is 1.04. The maximum atomic E-state index is 10.9. The normalized spacial score (nSPS) is 11.8. The quantitative estimate of drug-likeness (QED) is 0.355. The molecule has 0 radical (unpaired) electrons. The molecule has 12 heavy (non-hydrogen) atoms. The van der Waals surface area contributed by atoms with E-state index in [4.69, 9.17) is 4.74 Å². The predicted molar refractivity (Wildman–Crippen MR) is 42.4 cm³/mol. The summed E-state index contributed by atoms with van der Waals surface area (Å²) >= 11 is 0. The maximum absolute atomic E-state index is 10.9. The highest BCUT2D eigenvalue weighted by Crippen LogP contribution is 1.97. The monoisotopic (exact) mass is 172 g/mol. The van der Waals surface area contributed by atoms with Crippen molar-refractivity contribution in [2.24, 2.45) is 0 Å². The average molecular weight is 172 g/mol. The minimum Gasteiger partial charge on any atom is -0.391 e. The molecule has 4 nitrogen and oxygen atoms in total. The molecule has 0 aromatic carbocycles. The summed E-state index contributed by atoms with van der Waals surface area (Å²) < 4.78 is 9.19. The molecule has 0 rings (SSSR count). The van der Waals surface area contributed by atoms with Gasteiger partial charge in [0.1, 0.15) is 0 Å². The van der Waals surface area contributed by atoms with Crippen LogP contribution in [0.2, 0.25) is 0 Å². The van der Waals surface area contributed by atoms with Crippen LogP contribution in [0.15, 0.2) is 12.7 Å². The highest BCUT2D eigenvalue weighted by molar-refractivity contribution is 5.87. The molecule has 1 unspecified atom stereocenters. The lowest BCUT2D eigenvalue weighted by Gasteiger charge is -2.09. The largest absolute Gasteiger partial charge is 0.391 e. The Labute approximate surface area is 71.2 Å². The summed E-state index contributed by atoms with van der Waals surface area (Å²) in [4.78, 5) is 21.3. The van der Waals surface area contributed by atoms with Crippen molar-refractivity contribution in [3.63, 3.8) is 0 Å². The molecule has 0 aliphatic rings. The number of ether oxygens (including phenoxy) is 2. The van der Waals surface area contributed by atoms with Crippen molar-refractivity contribution in [2.45, 2.75) is 20.0 Å². The molecule has 0 fully saturated rings. The number of carbonyl (C=O) groups excluding carboxylic acids is 2. The number of esters is 2. The molecule has 0 amide bonds. The topological polar surface area (TPSA) is 52.6 Å². The van der Waals surface area contributed by atoms with E-state index in [2.05, 4.69) is 11.3 Å².